The summed E-state index contributed by atoms with van der Waals surface area (Å²) in [5.74, 6) is 0.305. The van der Waals surface area contributed by atoms with Crippen molar-refractivity contribution in [2.75, 3.05) is 13.6 Å². The van der Waals surface area contributed by atoms with Crippen LogP contribution in [0.3, 0.4) is 0 Å². The first-order valence-electron chi connectivity index (χ1n) is 6.18. The smallest absolute Gasteiger partial charge is 0.327 e. The van der Waals surface area contributed by atoms with Crippen molar-refractivity contribution in [2.45, 2.75) is 6.54 Å². The fourth-order valence-electron chi connectivity index (χ4n) is 1.99. The van der Waals surface area contributed by atoms with Crippen molar-refractivity contribution < 1.29 is 14.1 Å². The van der Waals surface area contributed by atoms with Gasteiger partial charge in [-0.1, -0.05) is 16.8 Å². The van der Waals surface area contributed by atoms with Crippen LogP contribution in [-0.4, -0.2) is 45.5 Å². The molecule has 0 N–H and O–H groups in total. The van der Waals surface area contributed by atoms with Gasteiger partial charge in [-0.3, -0.25) is 9.69 Å². The third-order valence-electron chi connectivity index (χ3n) is 3.09. The Labute approximate surface area is 125 Å². The van der Waals surface area contributed by atoms with E-state index in [2.05, 4.69) is 10.1 Å². The molecule has 7 nitrogen and oxygen atoms in total. The highest BCUT2D eigenvalue weighted by Gasteiger charge is 2.34. The Kier molecular flexibility index (Phi) is 3.34. The minimum Gasteiger partial charge on any atom is -0.337 e. The van der Waals surface area contributed by atoms with Crippen LogP contribution in [0.1, 0.15) is 5.89 Å². The van der Waals surface area contributed by atoms with Crippen LogP contribution in [0.2, 0.25) is 5.02 Å². The van der Waals surface area contributed by atoms with Gasteiger partial charge in [-0.05, 0) is 24.3 Å². The fraction of sp³-hybridized carbons (Fsp3) is 0.231. The number of carbonyl (C=O) groups excluding carboxylic acids is 2. The molecular formula is C13H11ClN4O3. The number of nitrogens with zero attached hydrogens (tertiary/aromatic N) is 4. The minimum absolute atomic E-state index is 0.0252. The first kappa shape index (κ1) is 13.6. The van der Waals surface area contributed by atoms with Crippen LogP contribution in [0.5, 0.6) is 0 Å². The van der Waals surface area contributed by atoms with Gasteiger partial charge in [0.1, 0.15) is 13.1 Å². The molecule has 0 bridgehead atoms. The lowest BCUT2D eigenvalue weighted by atomic mass is 10.2. The second-order valence-electron chi connectivity index (χ2n) is 4.64. The highest BCUT2D eigenvalue weighted by molar-refractivity contribution is 6.30. The van der Waals surface area contributed by atoms with Crippen LogP contribution < -0.4 is 0 Å². The lowest BCUT2D eigenvalue weighted by Gasteiger charge is -2.10. The van der Waals surface area contributed by atoms with E-state index in [-0.39, 0.29) is 30.9 Å². The van der Waals surface area contributed by atoms with Gasteiger partial charge in [-0.25, -0.2) is 4.79 Å². The maximum atomic E-state index is 11.8. The molecule has 1 aromatic heterocycles. The minimum atomic E-state index is -0.369. The van der Waals surface area contributed by atoms with Crippen molar-refractivity contribution in [3.05, 3.63) is 35.2 Å². The number of amides is 3. The van der Waals surface area contributed by atoms with E-state index in [1.807, 2.05) is 0 Å². The van der Waals surface area contributed by atoms with Gasteiger partial charge in [0.25, 0.3) is 5.91 Å². The normalized spacial score (nSPS) is 15.1. The Balaban J connectivity index is 1.78. The molecule has 108 valence electrons. The molecule has 2 heterocycles. The molecule has 0 spiro atoms. The Bertz CT molecular complexity index is 698. The summed E-state index contributed by atoms with van der Waals surface area (Å²) in [5.41, 5.74) is 0.741. The second kappa shape index (κ2) is 5.17. The van der Waals surface area contributed by atoms with Crippen LogP contribution in [0, 0.1) is 0 Å². The maximum Gasteiger partial charge on any atom is 0.327 e. The van der Waals surface area contributed by atoms with Gasteiger partial charge in [0.15, 0.2) is 0 Å². The first-order chi connectivity index (χ1) is 10.0. The Morgan fingerprint density at radius 3 is 2.62 bits per heavy atom. The Hall–Kier alpha value is -2.41. The van der Waals surface area contributed by atoms with Gasteiger partial charge < -0.3 is 9.42 Å². The van der Waals surface area contributed by atoms with Crippen LogP contribution in [0.4, 0.5) is 4.79 Å². The highest BCUT2D eigenvalue weighted by atomic mass is 35.5. The number of imide groups is 1. The molecule has 0 saturated carbocycles. The molecule has 1 fully saturated rings. The summed E-state index contributed by atoms with van der Waals surface area (Å²) in [4.78, 5) is 30.0. The number of halogens is 1. The molecule has 3 rings (SSSR count). The number of hydrogen-bond acceptors (Lipinski definition) is 5. The zero-order chi connectivity index (χ0) is 15.0. The zero-order valence-electron chi connectivity index (χ0n) is 11.1. The number of rotatable bonds is 3. The third kappa shape index (κ3) is 2.59. The lowest BCUT2D eigenvalue weighted by Crippen LogP contribution is -2.31. The summed E-state index contributed by atoms with van der Waals surface area (Å²) in [5, 5.41) is 4.45. The lowest BCUT2D eigenvalue weighted by molar-refractivity contribution is -0.125. The molecule has 2 aromatic rings. The molecule has 1 aliphatic rings. The van der Waals surface area contributed by atoms with Gasteiger partial charge >= 0.3 is 6.03 Å². The van der Waals surface area contributed by atoms with Crippen molar-refractivity contribution in [3.8, 4) is 11.4 Å². The number of likely N-dealkylation sites (N-methyl/N-ethyl adjacent to an activating group) is 1. The van der Waals surface area contributed by atoms with Gasteiger partial charge in [-0.15, -0.1) is 0 Å². The number of urea groups is 1. The van der Waals surface area contributed by atoms with Crippen LogP contribution in [0.25, 0.3) is 11.4 Å². The standard InChI is InChI=1S/C13H11ClN4O3/c1-17-7-11(19)18(13(17)20)6-10-15-12(16-21-10)8-2-4-9(14)5-3-8/h2-5H,6-7H2,1H3. The first-order valence-corrected chi connectivity index (χ1v) is 6.56. The van der Waals surface area contributed by atoms with Crippen molar-refractivity contribution in [1.82, 2.24) is 19.9 Å². The summed E-state index contributed by atoms with van der Waals surface area (Å²) in [6.07, 6.45) is 0. The van der Waals surface area contributed by atoms with Crippen molar-refractivity contribution >= 4 is 23.5 Å². The van der Waals surface area contributed by atoms with Crippen molar-refractivity contribution in [2.24, 2.45) is 0 Å². The van der Waals surface area contributed by atoms with Crippen LogP contribution in [-0.2, 0) is 11.3 Å². The van der Waals surface area contributed by atoms with E-state index in [0.29, 0.717) is 10.8 Å². The molecule has 0 unspecified atom stereocenters. The van der Waals surface area contributed by atoms with E-state index >= 15 is 0 Å². The van der Waals surface area contributed by atoms with Gasteiger partial charge in [0.05, 0.1) is 0 Å². The summed E-state index contributed by atoms with van der Waals surface area (Å²) in [6, 6.07) is 6.59. The average Bonchev–Trinajstić information content (AvgIpc) is 3.01. The van der Waals surface area contributed by atoms with E-state index in [0.717, 1.165) is 10.5 Å². The summed E-state index contributed by atoms with van der Waals surface area (Å²) < 4.78 is 5.08. The van der Waals surface area contributed by atoms with E-state index in [4.69, 9.17) is 16.1 Å². The third-order valence-corrected chi connectivity index (χ3v) is 3.35. The molecule has 1 aliphatic heterocycles. The summed E-state index contributed by atoms with van der Waals surface area (Å²) >= 11 is 5.81. The molecule has 21 heavy (non-hydrogen) atoms. The van der Waals surface area contributed by atoms with Crippen LogP contribution >= 0.6 is 11.6 Å². The van der Waals surface area contributed by atoms with Crippen molar-refractivity contribution in [1.29, 1.82) is 0 Å². The molecule has 3 amide bonds. The molecule has 0 atom stereocenters. The Morgan fingerprint density at radius 2 is 2.00 bits per heavy atom. The number of carbonyl (C=O) groups is 2. The molecule has 0 radical (unpaired) electrons. The number of benzene rings is 1. The predicted molar refractivity (Wildman–Crippen MR) is 73.3 cm³/mol. The van der Waals surface area contributed by atoms with Crippen LogP contribution in [0.15, 0.2) is 28.8 Å². The summed E-state index contributed by atoms with van der Waals surface area (Å²) in [7, 11) is 1.56. The number of hydrogen-bond donors (Lipinski definition) is 0. The molecule has 1 saturated heterocycles. The average molecular weight is 307 g/mol. The largest absolute Gasteiger partial charge is 0.337 e. The van der Waals surface area contributed by atoms with E-state index in [1.165, 1.54) is 4.90 Å². The molecular weight excluding hydrogens is 296 g/mol. The monoisotopic (exact) mass is 306 g/mol. The van der Waals surface area contributed by atoms with Gasteiger partial charge in [0.2, 0.25) is 11.7 Å². The van der Waals surface area contributed by atoms with Gasteiger partial charge in [0, 0.05) is 17.6 Å². The zero-order valence-corrected chi connectivity index (χ0v) is 11.9. The fourth-order valence-corrected chi connectivity index (χ4v) is 2.12. The topological polar surface area (TPSA) is 79.5 Å². The van der Waals surface area contributed by atoms with Crippen molar-refractivity contribution in [3.63, 3.8) is 0 Å². The van der Waals surface area contributed by atoms with E-state index in [9.17, 15) is 9.59 Å². The molecule has 0 aliphatic carbocycles. The van der Waals surface area contributed by atoms with Gasteiger partial charge in [-0.2, -0.15) is 4.98 Å². The predicted octanol–water partition coefficient (Wildman–Crippen LogP) is 1.78. The Morgan fingerprint density at radius 1 is 1.29 bits per heavy atom. The number of aromatic nitrogens is 2. The second-order valence-corrected chi connectivity index (χ2v) is 5.07. The highest BCUT2D eigenvalue weighted by Crippen LogP contribution is 2.20. The van der Waals surface area contributed by atoms with E-state index in [1.54, 1.807) is 31.3 Å². The maximum absolute atomic E-state index is 11.8. The SMILES string of the molecule is CN1CC(=O)N(Cc2nc(-c3ccc(Cl)cc3)no2)C1=O. The molecule has 1 aromatic carbocycles. The quantitative estimate of drug-likeness (QED) is 0.808. The molecule has 8 heteroatoms. The summed E-state index contributed by atoms with van der Waals surface area (Å²) in [6.45, 7) is 0.0413. The van der Waals surface area contributed by atoms with E-state index < -0.39 is 0 Å².